The van der Waals surface area contributed by atoms with E-state index in [0.29, 0.717) is 24.8 Å². The molecule has 0 fully saturated rings. The molecule has 2 N–H and O–H groups in total. The van der Waals surface area contributed by atoms with E-state index in [1.165, 1.54) is 12.1 Å². The van der Waals surface area contributed by atoms with Crippen molar-refractivity contribution in [2.24, 2.45) is 4.99 Å². The Kier molecular flexibility index (Phi) is 9.06. The van der Waals surface area contributed by atoms with Gasteiger partial charge in [-0.25, -0.2) is 4.39 Å². The number of aliphatic imine (C=N–C) groups is 1. The Morgan fingerprint density at radius 1 is 1.25 bits per heavy atom. The van der Waals surface area contributed by atoms with Crippen molar-refractivity contribution in [2.45, 2.75) is 19.6 Å². The number of hydrogen-bond donors (Lipinski definition) is 2. The van der Waals surface area contributed by atoms with Gasteiger partial charge in [0.2, 0.25) is 0 Å². The molecule has 24 heavy (non-hydrogen) atoms. The molecule has 1 aromatic heterocycles. The van der Waals surface area contributed by atoms with E-state index >= 15 is 0 Å². The van der Waals surface area contributed by atoms with Crippen LogP contribution in [0.1, 0.15) is 12.6 Å². The number of benzene rings is 1. The predicted octanol–water partition coefficient (Wildman–Crippen LogP) is 2.97. The molecule has 0 aliphatic heterocycles. The molecule has 0 radical (unpaired) electrons. The maximum atomic E-state index is 13.1. The number of nitrogens with zero attached hydrogens (tertiary/aromatic N) is 2. The molecule has 0 aliphatic carbocycles. The third-order valence-electron chi connectivity index (χ3n) is 3.08. The van der Waals surface area contributed by atoms with Gasteiger partial charge in [0, 0.05) is 19.3 Å². The highest BCUT2D eigenvalue weighted by molar-refractivity contribution is 14.0. The standard InChI is InChI=1S/C17H21FN4O.HI/c1-13(23-16-8-5-6-14(18)10-16)11-21-17(19-2)22-12-15-7-3-4-9-20-15;/h3-10,13H,11-12H2,1-2H3,(H2,19,21,22);1H. The van der Waals surface area contributed by atoms with Crippen molar-refractivity contribution in [1.82, 2.24) is 15.6 Å². The molecular formula is C17H22FIN4O. The molecule has 0 amide bonds. The molecule has 5 nitrogen and oxygen atoms in total. The van der Waals surface area contributed by atoms with Gasteiger partial charge in [0.1, 0.15) is 17.7 Å². The smallest absolute Gasteiger partial charge is 0.191 e. The third-order valence-corrected chi connectivity index (χ3v) is 3.08. The number of guanidine groups is 1. The van der Waals surface area contributed by atoms with E-state index in [2.05, 4.69) is 20.6 Å². The van der Waals surface area contributed by atoms with Crippen LogP contribution in [-0.2, 0) is 6.54 Å². The molecule has 1 aromatic carbocycles. The minimum atomic E-state index is -0.310. The summed E-state index contributed by atoms with van der Waals surface area (Å²) in [6.45, 7) is 3.03. The number of hydrogen-bond acceptors (Lipinski definition) is 3. The fourth-order valence-electron chi connectivity index (χ4n) is 1.95. The van der Waals surface area contributed by atoms with E-state index in [9.17, 15) is 4.39 Å². The van der Waals surface area contributed by atoms with Crippen LogP contribution in [-0.4, -0.2) is 30.6 Å². The van der Waals surface area contributed by atoms with Gasteiger partial charge in [-0.3, -0.25) is 9.98 Å². The zero-order chi connectivity index (χ0) is 16.5. The van der Waals surface area contributed by atoms with Crippen LogP contribution in [0.4, 0.5) is 4.39 Å². The Hall–Kier alpha value is -1.90. The molecule has 1 unspecified atom stereocenters. The highest BCUT2D eigenvalue weighted by atomic mass is 127. The largest absolute Gasteiger partial charge is 0.489 e. The summed E-state index contributed by atoms with van der Waals surface area (Å²) in [5.74, 6) is 0.858. The predicted molar refractivity (Wildman–Crippen MR) is 104 cm³/mol. The molecule has 1 atom stereocenters. The quantitative estimate of drug-likeness (QED) is 0.409. The van der Waals surface area contributed by atoms with E-state index in [1.807, 2.05) is 25.1 Å². The van der Waals surface area contributed by atoms with Crippen LogP contribution < -0.4 is 15.4 Å². The summed E-state index contributed by atoms with van der Waals surface area (Å²) in [5, 5.41) is 6.34. The molecule has 130 valence electrons. The van der Waals surface area contributed by atoms with E-state index in [4.69, 9.17) is 4.74 Å². The fourth-order valence-corrected chi connectivity index (χ4v) is 1.95. The topological polar surface area (TPSA) is 58.5 Å². The van der Waals surface area contributed by atoms with Crippen LogP contribution in [0.25, 0.3) is 0 Å². The SMILES string of the molecule is CN=C(NCc1ccccn1)NCC(C)Oc1cccc(F)c1.I. The van der Waals surface area contributed by atoms with Gasteiger partial charge < -0.3 is 15.4 Å². The Bertz CT molecular complexity index is 639. The lowest BCUT2D eigenvalue weighted by Crippen LogP contribution is -2.41. The summed E-state index contributed by atoms with van der Waals surface area (Å²) in [6.07, 6.45) is 1.62. The molecule has 2 rings (SSSR count). The summed E-state index contributed by atoms with van der Waals surface area (Å²) >= 11 is 0. The van der Waals surface area contributed by atoms with Gasteiger partial charge in [0.15, 0.2) is 5.96 Å². The van der Waals surface area contributed by atoms with E-state index in [0.717, 1.165) is 5.69 Å². The van der Waals surface area contributed by atoms with Gasteiger partial charge in [-0.05, 0) is 31.2 Å². The zero-order valence-corrected chi connectivity index (χ0v) is 16.0. The summed E-state index contributed by atoms with van der Waals surface area (Å²) in [5.41, 5.74) is 0.930. The molecule has 1 heterocycles. The fraction of sp³-hybridized carbons (Fsp3) is 0.294. The first-order valence-electron chi connectivity index (χ1n) is 7.44. The molecule has 7 heteroatoms. The monoisotopic (exact) mass is 444 g/mol. The summed E-state index contributed by atoms with van der Waals surface area (Å²) in [6, 6.07) is 11.9. The van der Waals surface area contributed by atoms with Crippen molar-refractivity contribution in [3.8, 4) is 5.75 Å². The maximum absolute atomic E-state index is 13.1. The van der Waals surface area contributed by atoms with Crippen LogP contribution in [0.2, 0.25) is 0 Å². The normalized spacial score (nSPS) is 12.0. The second kappa shape index (κ2) is 10.8. The molecule has 0 saturated carbocycles. The highest BCUT2D eigenvalue weighted by Gasteiger charge is 2.06. The second-order valence-corrected chi connectivity index (χ2v) is 5.01. The van der Waals surface area contributed by atoms with Gasteiger partial charge in [0.05, 0.1) is 18.8 Å². The van der Waals surface area contributed by atoms with Crippen molar-refractivity contribution >= 4 is 29.9 Å². The van der Waals surface area contributed by atoms with Crippen molar-refractivity contribution in [3.05, 3.63) is 60.2 Å². The number of rotatable bonds is 6. The number of halogens is 2. The number of ether oxygens (including phenoxy) is 1. The number of aromatic nitrogens is 1. The van der Waals surface area contributed by atoms with Gasteiger partial charge in [-0.2, -0.15) is 0 Å². The molecule has 0 saturated heterocycles. The minimum absolute atomic E-state index is 0. The first kappa shape index (κ1) is 20.1. The summed E-state index contributed by atoms with van der Waals surface area (Å²) in [7, 11) is 1.70. The summed E-state index contributed by atoms with van der Waals surface area (Å²) in [4.78, 5) is 8.39. The third kappa shape index (κ3) is 7.12. The zero-order valence-electron chi connectivity index (χ0n) is 13.7. The number of nitrogens with one attached hydrogen (secondary N) is 2. The molecule has 0 spiro atoms. The molecule has 0 bridgehead atoms. The van der Waals surface area contributed by atoms with Crippen molar-refractivity contribution < 1.29 is 9.13 Å². The average molecular weight is 444 g/mol. The van der Waals surface area contributed by atoms with Crippen molar-refractivity contribution in [1.29, 1.82) is 0 Å². The lowest BCUT2D eigenvalue weighted by atomic mass is 10.3. The van der Waals surface area contributed by atoms with Crippen LogP contribution in [0.15, 0.2) is 53.7 Å². The Morgan fingerprint density at radius 2 is 2.08 bits per heavy atom. The Balaban J connectivity index is 0.00000288. The van der Waals surface area contributed by atoms with E-state index in [-0.39, 0.29) is 35.9 Å². The Labute approximate surface area is 158 Å². The van der Waals surface area contributed by atoms with E-state index < -0.39 is 0 Å². The average Bonchev–Trinajstić information content (AvgIpc) is 2.56. The van der Waals surface area contributed by atoms with Crippen LogP contribution in [0.5, 0.6) is 5.75 Å². The lowest BCUT2D eigenvalue weighted by molar-refractivity contribution is 0.223. The van der Waals surface area contributed by atoms with Crippen LogP contribution in [0, 0.1) is 5.82 Å². The van der Waals surface area contributed by atoms with Crippen LogP contribution >= 0.6 is 24.0 Å². The number of pyridine rings is 1. The van der Waals surface area contributed by atoms with Crippen molar-refractivity contribution in [3.63, 3.8) is 0 Å². The molecule has 2 aromatic rings. The molecular weight excluding hydrogens is 422 g/mol. The molecule has 0 aliphatic rings. The summed E-state index contributed by atoms with van der Waals surface area (Å²) < 4.78 is 18.8. The van der Waals surface area contributed by atoms with Gasteiger partial charge in [-0.1, -0.05) is 12.1 Å². The van der Waals surface area contributed by atoms with Gasteiger partial charge in [0.25, 0.3) is 0 Å². The van der Waals surface area contributed by atoms with Crippen molar-refractivity contribution in [2.75, 3.05) is 13.6 Å². The minimum Gasteiger partial charge on any atom is -0.489 e. The first-order chi connectivity index (χ1) is 11.2. The Morgan fingerprint density at radius 3 is 2.75 bits per heavy atom. The first-order valence-corrected chi connectivity index (χ1v) is 7.44. The highest BCUT2D eigenvalue weighted by Crippen LogP contribution is 2.13. The van der Waals surface area contributed by atoms with Gasteiger partial charge in [-0.15, -0.1) is 24.0 Å². The maximum Gasteiger partial charge on any atom is 0.191 e. The second-order valence-electron chi connectivity index (χ2n) is 5.01. The van der Waals surface area contributed by atoms with Crippen LogP contribution in [0.3, 0.4) is 0 Å². The lowest BCUT2D eigenvalue weighted by Gasteiger charge is -2.17. The van der Waals surface area contributed by atoms with E-state index in [1.54, 1.807) is 25.4 Å². The van der Waals surface area contributed by atoms with Gasteiger partial charge >= 0.3 is 0 Å².